The second-order valence-corrected chi connectivity index (χ2v) is 3.83. The maximum Gasteiger partial charge on any atom is 0.389 e. The maximum absolute atomic E-state index is 10.4. The van der Waals surface area contributed by atoms with Crippen LogP contribution < -0.4 is 0 Å². The molecular weight excluding hydrogens is 198 g/mol. The van der Waals surface area contributed by atoms with Crippen molar-refractivity contribution in [2.75, 3.05) is 0 Å². The van der Waals surface area contributed by atoms with Gasteiger partial charge in [-0.3, -0.25) is 0 Å². The standard InChI is InChI=1S/C9H13N3O3/c13-8-4-2-1-3-7(8)11-6-5-9(10-11)12(14)15/h5-8,13H,1-4H2/t7-,8-/m0/s1. The Morgan fingerprint density at radius 3 is 2.87 bits per heavy atom. The molecule has 0 bridgehead atoms. The van der Waals surface area contributed by atoms with E-state index in [1.807, 2.05) is 0 Å². The van der Waals surface area contributed by atoms with E-state index in [0.29, 0.717) is 0 Å². The molecule has 0 spiro atoms. The summed E-state index contributed by atoms with van der Waals surface area (Å²) < 4.78 is 1.52. The quantitative estimate of drug-likeness (QED) is 0.590. The number of hydrogen-bond donors (Lipinski definition) is 1. The van der Waals surface area contributed by atoms with Gasteiger partial charge >= 0.3 is 5.82 Å². The first-order valence-corrected chi connectivity index (χ1v) is 5.06. The molecule has 0 aliphatic heterocycles. The minimum absolute atomic E-state index is 0.104. The third-order valence-corrected chi connectivity index (χ3v) is 2.82. The third kappa shape index (κ3) is 1.99. The molecule has 1 N–H and O–H groups in total. The van der Waals surface area contributed by atoms with E-state index in [1.54, 1.807) is 6.20 Å². The minimum Gasteiger partial charge on any atom is -0.391 e. The average Bonchev–Trinajstić information content (AvgIpc) is 2.67. The van der Waals surface area contributed by atoms with Crippen LogP contribution in [-0.2, 0) is 0 Å². The fraction of sp³-hybridized carbons (Fsp3) is 0.667. The van der Waals surface area contributed by atoms with Crippen molar-refractivity contribution < 1.29 is 10.0 Å². The van der Waals surface area contributed by atoms with E-state index in [2.05, 4.69) is 5.10 Å². The highest BCUT2D eigenvalue weighted by atomic mass is 16.6. The second kappa shape index (κ2) is 3.98. The third-order valence-electron chi connectivity index (χ3n) is 2.82. The average molecular weight is 211 g/mol. The molecule has 0 radical (unpaired) electrons. The molecule has 15 heavy (non-hydrogen) atoms. The van der Waals surface area contributed by atoms with Crippen molar-refractivity contribution in [1.29, 1.82) is 0 Å². The van der Waals surface area contributed by atoms with Crippen LogP contribution in [0.15, 0.2) is 12.3 Å². The highest BCUT2D eigenvalue weighted by molar-refractivity contribution is 5.14. The lowest BCUT2D eigenvalue weighted by Gasteiger charge is -2.25. The SMILES string of the molecule is O=[N+]([O-])c1ccn([C@H]2CCCC[C@@H]2O)n1. The van der Waals surface area contributed by atoms with Crippen molar-refractivity contribution in [3.8, 4) is 0 Å². The van der Waals surface area contributed by atoms with Crippen molar-refractivity contribution in [2.24, 2.45) is 0 Å². The van der Waals surface area contributed by atoms with Gasteiger partial charge in [-0.2, -0.15) is 4.68 Å². The summed E-state index contributed by atoms with van der Waals surface area (Å²) in [6.07, 6.45) is 4.77. The van der Waals surface area contributed by atoms with E-state index in [4.69, 9.17) is 0 Å². The van der Waals surface area contributed by atoms with E-state index in [-0.39, 0.29) is 11.9 Å². The summed E-state index contributed by atoms with van der Waals surface area (Å²) in [5, 5.41) is 24.0. The molecule has 1 aliphatic carbocycles. The molecule has 1 aliphatic rings. The fourth-order valence-electron chi connectivity index (χ4n) is 2.01. The summed E-state index contributed by atoms with van der Waals surface area (Å²) in [5.41, 5.74) is 0. The van der Waals surface area contributed by atoms with Crippen LogP contribution in [0.1, 0.15) is 31.7 Å². The van der Waals surface area contributed by atoms with E-state index < -0.39 is 11.0 Å². The molecule has 0 aromatic carbocycles. The second-order valence-electron chi connectivity index (χ2n) is 3.83. The van der Waals surface area contributed by atoms with Crippen molar-refractivity contribution >= 4 is 5.82 Å². The van der Waals surface area contributed by atoms with Gasteiger partial charge < -0.3 is 15.2 Å². The van der Waals surface area contributed by atoms with Gasteiger partial charge in [0.25, 0.3) is 0 Å². The van der Waals surface area contributed by atoms with Gasteiger partial charge in [-0.15, -0.1) is 0 Å². The predicted octanol–water partition coefficient (Wildman–Crippen LogP) is 1.27. The molecule has 0 saturated heterocycles. The first kappa shape index (κ1) is 10.1. The topological polar surface area (TPSA) is 81.2 Å². The van der Waals surface area contributed by atoms with Gasteiger partial charge in [-0.25, -0.2) is 0 Å². The molecule has 1 aromatic heterocycles. The molecule has 6 heteroatoms. The molecule has 1 fully saturated rings. The van der Waals surface area contributed by atoms with E-state index >= 15 is 0 Å². The van der Waals surface area contributed by atoms with Crippen LogP contribution in [0.25, 0.3) is 0 Å². The minimum atomic E-state index is -0.522. The molecule has 2 rings (SSSR count). The molecule has 0 unspecified atom stereocenters. The first-order valence-electron chi connectivity index (χ1n) is 5.06. The zero-order chi connectivity index (χ0) is 10.8. The van der Waals surface area contributed by atoms with Crippen LogP contribution in [0.2, 0.25) is 0 Å². The van der Waals surface area contributed by atoms with E-state index in [9.17, 15) is 15.2 Å². The highest BCUT2D eigenvalue weighted by Gasteiger charge is 2.28. The van der Waals surface area contributed by atoms with E-state index in [1.165, 1.54) is 10.7 Å². The van der Waals surface area contributed by atoms with Gasteiger partial charge in [0.15, 0.2) is 0 Å². The Balaban J connectivity index is 2.17. The van der Waals surface area contributed by atoms with Gasteiger partial charge in [0.2, 0.25) is 0 Å². The van der Waals surface area contributed by atoms with Gasteiger partial charge in [0.05, 0.1) is 29.5 Å². The van der Waals surface area contributed by atoms with Crippen LogP contribution in [0.5, 0.6) is 0 Å². The zero-order valence-electron chi connectivity index (χ0n) is 8.24. The smallest absolute Gasteiger partial charge is 0.389 e. The Hall–Kier alpha value is -1.43. The lowest BCUT2D eigenvalue weighted by molar-refractivity contribution is -0.389. The first-order chi connectivity index (χ1) is 7.18. The van der Waals surface area contributed by atoms with E-state index in [0.717, 1.165) is 25.7 Å². The highest BCUT2D eigenvalue weighted by Crippen LogP contribution is 2.28. The zero-order valence-corrected chi connectivity index (χ0v) is 8.24. The van der Waals surface area contributed by atoms with Crippen molar-refractivity contribution in [1.82, 2.24) is 9.78 Å². The number of hydrogen-bond acceptors (Lipinski definition) is 4. The number of aromatic nitrogens is 2. The number of aliphatic hydroxyl groups is 1. The molecule has 1 aromatic rings. The largest absolute Gasteiger partial charge is 0.391 e. The molecule has 82 valence electrons. The number of nitrogens with zero attached hydrogens (tertiary/aromatic N) is 3. The normalized spacial score (nSPS) is 26.5. The molecular formula is C9H13N3O3. The summed E-state index contributed by atoms with van der Waals surface area (Å²) >= 11 is 0. The van der Waals surface area contributed by atoms with Crippen LogP contribution in [0, 0.1) is 10.1 Å². The summed E-state index contributed by atoms with van der Waals surface area (Å²) in [6.45, 7) is 0. The summed E-state index contributed by atoms with van der Waals surface area (Å²) in [5.74, 6) is -0.159. The number of nitro groups is 1. The lowest BCUT2D eigenvalue weighted by atomic mass is 9.93. The monoisotopic (exact) mass is 211 g/mol. The van der Waals surface area contributed by atoms with Crippen molar-refractivity contribution in [2.45, 2.75) is 37.8 Å². The lowest BCUT2D eigenvalue weighted by Crippen LogP contribution is -2.27. The molecule has 0 amide bonds. The van der Waals surface area contributed by atoms with Crippen molar-refractivity contribution in [3.05, 3.63) is 22.4 Å². The summed E-state index contributed by atoms with van der Waals surface area (Å²) in [4.78, 5) is 9.92. The predicted molar refractivity (Wildman–Crippen MR) is 52.4 cm³/mol. The van der Waals surface area contributed by atoms with Gasteiger partial charge in [0.1, 0.15) is 0 Å². The van der Waals surface area contributed by atoms with Crippen LogP contribution in [0.3, 0.4) is 0 Å². The molecule has 1 heterocycles. The summed E-state index contributed by atoms with van der Waals surface area (Å²) in [6, 6.07) is 1.26. The Labute approximate surface area is 86.7 Å². The van der Waals surface area contributed by atoms with Crippen LogP contribution >= 0.6 is 0 Å². The maximum atomic E-state index is 10.4. The molecule has 1 saturated carbocycles. The number of rotatable bonds is 2. The van der Waals surface area contributed by atoms with Gasteiger partial charge in [0, 0.05) is 0 Å². The fourth-order valence-corrected chi connectivity index (χ4v) is 2.01. The summed E-state index contributed by atoms with van der Waals surface area (Å²) in [7, 11) is 0. The molecule has 6 nitrogen and oxygen atoms in total. The van der Waals surface area contributed by atoms with Gasteiger partial charge in [-0.1, -0.05) is 12.8 Å². The number of aliphatic hydroxyl groups excluding tert-OH is 1. The van der Waals surface area contributed by atoms with Gasteiger partial charge in [-0.05, 0) is 17.8 Å². The van der Waals surface area contributed by atoms with Crippen LogP contribution in [-0.4, -0.2) is 25.9 Å². The Morgan fingerprint density at radius 2 is 2.27 bits per heavy atom. The van der Waals surface area contributed by atoms with Crippen LogP contribution in [0.4, 0.5) is 5.82 Å². The van der Waals surface area contributed by atoms with Crippen molar-refractivity contribution in [3.63, 3.8) is 0 Å². The Bertz CT molecular complexity index is 363. The Morgan fingerprint density at radius 1 is 1.53 bits per heavy atom. The molecule has 2 atom stereocenters. The Kier molecular flexibility index (Phi) is 2.68.